The largest absolute Gasteiger partial charge is 0.360 e. The highest BCUT2D eigenvalue weighted by Crippen LogP contribution is 2.34. The van der Waals surface area contributed by atoms with E-state index in [1.165, 1.54) is 4.90 Å². The fourth-order valence-electron chi connectivity index (χ4n) is 2.35. The van der Waals surface area contributed by atoms with Crippen molar-refractivity contribution < 1.29 is 4.79 Å². The zero-order valence-corrected chi connectivity index (χ0v) is 14.0. The SMILES string of the molecule is O=C(CN1CCSc2ccccc21)Nc1cccc(Cl)c1Cl. The molecule has 0 saturated heterocycles. The van der Waals surface area contributed by atoms with E-state index in [-0.39, 0.29) is 5.91 Å². The van der Waals surface area contributed by atoms with E-state index in [0.717, 1.165) is 18.0 Å². The van der Waals surface area contributed by atoms with Crippen LogP contribution in [0.4, 0.5) is 11.4 Å². The topological polar surface area (TPSA) is 32.3 Å². The van der Waals surface area contributed by atoms with Crippen molar-refractivity contribution in [1.29, 1.82) is 0 Å². The first-order valence-electron chi connectivity index (χ1n) is 6.86. The number of carbonyl (C=O) groups excluding carboxylic acids is 1. The standard InChI is InChI=1S/C16H14Cl2N2OS/c17-11-4-3-5-12(16(11)18)19-15(21)10-20-8-9-22-14-7-2-1-6-13(14)20/h1-7H,8-10H2,(H,19,21). The van der Waals surface area contributed by atoms with Gasteiger partial charge in [-0.3, -0.25) is 4.79 Å². The molecule has 0 bridgehead atoms. The fraction of sp³-hybridized carbons (Fsp3) is 0.188. The summed E-state index contributed by atoms with van der Waals surface area (Å²) in [6, 6.07) is 13.3. The number of carbonyl (C=O) groups is 1. The first-order valence-corrected chi connectivity index (χ1v) is 8.60. The molecular weight excluding hydrogens is 339 g/mol. The van der Waals surface area contributed by atoms with Crippen molar-refractivity contribution in [3.05, 3.63) is 52.5 Å². The molecule has 3 nitrogen and oxygen atoms in total. The van der Waals surface area contributed by atoms with Crippen molar-refractivity contribution in [1.82, 2.24) is 0 Å². The van der Waals surface area contributed by atoms with Gasteiger partial charge < -0.3 is 10.2 Å². The smallest absolute Gasteiger partial charge is 0.243 e. The van der Waals surface area contributed by atoms with Crippen LogP contribution in [-0.2, 0) is 4.79 Å². The molecule has 1 heterocycles. The molecule has 0 saturated carbocycles. The second-order valence-corrected chi connectivity index (χ2v) is 6.81. The van der Waals surface area contributed by atoms with E-state index in [1.54, 1.807) is 18.2 Å². The van der Waals surface area contributed by atoms with Crippen molar-refractivity contribution >= 4 is 52.2 Å². The molecule has 0 aromatic heterocycles. The summed E-state index contributed by atoms with van der Waals surface area (Å²) in [4.78, 5) is 15.6. The zero-order chi connectivity index (χ0) is 15.5. The van der Waals surface area contributed by atoms with Crippen LogP contribution in [0.3, 0.4) is 0 Å². The highest BCUT2D eigenvalue weighted by molar-refractivity contribution is 7.99. The maximum absolute atomic E-state index is 12.3. The predicted molar refractivity (Wildman–Crippen MR) is 94.5 cm³/mol. The molecule has 0 fully saturated rings. The van der Waals surface area contributed by atoms with Crippen molar-refractivity contribution in [3.63, 3.8) is 0 Å². The van der Waals surface area contributed by atoms with Gasteiger partial charge in [-0.05, 0) is 24.3 Å². The molecule has 22 heavy (non-hydrogen) atoms. The zero-order valence-electron chi connectivity index (χ0n) is 11.7. The third-order valence-electron chi connectivity index (χ3n) is 3.38. The maximum Gasteiger partial charge on any atom is 0.243 e. The third kappa shape index (κ3) is 3.35. The van der Waals surface area contributed by atoms with Gasteiger partial charge in [0.2, 0.25) is 5.91 Å². The van der Waals surface area contributed by atoms with Gasteiger partial charge in [0.25, 0.3) is 0 Å². The Kier molecular flexibility index (Phi) is 4.81. The molecule has 1 N–H and O–H groups in total. The maximum atomic E-state index is 12.3. The predicted octanol–water partition coefficient (Wildman–Crippen LogP) is 4.54. The number of amides is 1. The van der Waals surface area contributed by atoms with E-state index >= 15 is 0 Å². The Morgan fingerprint density at radius 1 is 1.18 bits per heavy atom. The molecule has 3 rings (SSSR count). The summed E-state index contributed by atoms with van der Waals surface area (Å²) in [5.41, 5.74) is 1.64. The molecule has 0 atom stereocenters. The summed E-state index contributed by atoms with van der Waals surface area (Å²) in [6.45, 7) is 1.14. The number of fused-ring (bicyclic) bond motifs is 1. The average molecular weight is 353 g/mol. The van der Waals surface area contributed by atoms with Crippen LogP contribution in [0.1, 0.15) is 0 Å². The Morgan fingerprint density at radius 2 is 2.00 bits per heavy atom. The van der Waals surface area contributed by atoms with E-state index < -0.39 is 0 Å². The number of benzene rings is 2. The van der Waals surface area contributed by atoms with E-state index in [1.807, 2.05) is 30.0 Å². The molecule has 1 aliphatic heterocycles. The molecule has 6 heteroatoms. The number of hydrogen-bond acceptors (Lipinski definition) is 3. The quantitative estimate of drug-likeness (QED) is 0.879. The molecule has 2 aromatic rings. The van der Waals surface area contributed by atoms with Gasteiger partial charge in [0.05, 0.1) is 28.0 Å². The first kappa shape index (κ1) is 15.5. The Morgan fingerprint density at radius 3 is 2.86 bits per heavy atom. The van der Waals surface area contributed by atoms with E-state index in [2.05, 4.69) is 16.3 Å². The lowest BCUT2D eigenvalue weighted by atomic mass is 10.2. The van der Waals surface area contributed by atoms with Crippen LogP contribution in [0.25, 0.3) is 0 Å². The summed E-state index contributed by atoms with van der Waals surface area (Å²) < 4.78 is 0. The van der Waals surface area contributed by atoms with Gasteiger partial charge in [-0.1, -0.05) is 41.4 Å². The fourth-order valence-corrected chi connectivity index (χ4v) is 3.75. The number of thioether (sulfide) groups is 1. The van der Waals surface area contributed by atoms with Crippen LogP contribution in [0.2, 0.25) is 10.0 Å². The van der Waals surface area contributed by atoms with Gasteiger partial charge in [0, 0.05) is 17.2 Å². The van der Waals surface area contributed by atoms with Crippen molar-refractivity contribution in [2.75, 3.05) is 29.1 Å². The second kappa shape index (κ2) is 6.82. The van der Waals surface area contributed by atoms with Crippen LogP contribution in [-0.4, -0.2) is 24.7 Å². The third-order valence-corrected chi connectivity index (χ3v) is 5.25. The summed E-state index contributed by atoms with van der Waals surface area (Å²) >= 11 is 13.9. The van der Waals surface area contributed by atoms with Crippen LogP contribution in [0.15, 0.2) is 47.4 Å². The summed E-state index contributed by atoms with van der Waals surface area (Å²) in [5.74, 6) is 0.869. The molecule has 0 unspecified atom stereocenters. The van der Waals surface area contributed by atoms with Gasteiger partial charge in [-0.15, -0.1) is 11.8 Å². The highest BCUT2D eigenvalue weighted by atomic mass is 35.5. The number of rotatable bonds is 3. The number of halogens is 2. The van der Waals surface area contributed by atoms with E-state index in [4.69, 9.17) is 23.2 Å². The van der Waals surface area contributed by atoms with Crippen LogP contribution in [0.5, 0.6) is 0 Å². The molecule has 114 valence electrons. The molecule has 0 radical (unpaired) electrons. The number of para-hydroxylation sites is 1. The Bertz CT molecular complexity index is 708. The Hall–Kier alpha value is -1.36. The Balaban J connectivity index is 1.72. The van der Waals surface area contributed by atoms with Crippen molar-refractivity contribution in [3.8, 4) is 0 Å². The van der Waals surface area contributed by atoms with Gasteiger partial charge in [-0.2, -0.15) is 0 Å². The number of nitrogens with one attached hydrogen (secondary N) is 1. The number of anilines is 2. The van der Waals surface area contributed by atoms with Crippen molar-refractivity contribution in [2.45, 2.75) is 4.90 Å². The molecular formula is C16H14Cl2N2OS. The van der Waals surface area contributed by atoms with Crippen LogP contribution < -0.4 is 10.2 Å². The van der Waals surface area contributed by atoms with Crippen molar-refractivity contribution in [2.24, 2.45) is 0 Å². The van der Waals surface area contributed by atoms with Gasteiger partial charge >= 0.3 is 0 Å². The average Bonchev–Trinajstić information content (AvgIpc) is 2.52. The second-order valence-electron chi connectivity index (χ2n) is 4.89. The van der Waals surface area contributed by atoms with Gasteiger partial charge in [0.15, 0.2) is 0 Å². The minimum absolute atomic E-state index is 0.106. The lowest BCUT2D eigenvalue weighted by molar-refractivity contribution is -0.115. The lowest BCUT2D eigenvalue weighted by Gasteiger charge is -2.30. The van der Waals surface area contributed by atoms with Gasteiger partial charge in [-0.25, -0.2) is 0 Å². The minimum Gasteiger partial charge on any atom is -0.360 e. The normalized spacial score (nSPS) is 13.6. The number of hydrogen-bond donors (Lipinski definition) is 1. The number of nitrogens with zero attached hydrogens (tertiary/aromatic N) is 1. The molecule has 0 aliphatic carbocycles. The molecule has 2 aromatic carbocycles. The summed E-state index contributed by atoms with van der Waals surface area (Å²) in [6.07, 6.45) is 0. The first-order chi connectivity index (χ1) is 10.6. The summed E-state index contributed by atoms with van der Waals surface area (Å²) in [7, 11) is 0. The monoisotopic (exact) mass is 352 g/mol. The minimum atomic E-state index is -0.106. The van der Waals surface area contributed by atoms with E-state index in [9.17, 15) is 4.79 Å². The summed E-state index contributed by atoms with van der Waals surface area (Å²) in [5, 5.41) is 3.62. The lowest BCUT2D eigenvalue weighted by Crippen LogP contribution is -2.36. The van der Waals surface area contributed by atoms with E-state index in [0.29, 0.717) is 22.3 Å². The Labute approximate surface area is 143 Å². The molecule has 1 aliphatic rings. The van der Waals surface area contributed by atoms with Crippen LogP contribution >= 0.6 is 35.0 Å². The highest BCUT2D eigenvalue weighted by Gasteiger charge is 2.19. The molecule has 0 spiro atoms. The molecule has 1 amide bonds. The van der Waals surface area contributed by atoms with Gasteiger partial charge in [0.1, 0.15) is 0 Å². The van der Waals surface area contributed by atoms with Crippen LogP contribution in [0, 0.1) is 0 Å².